The van der Waals surface area contributed by atoms with E-state index in [1.54, 1.807) is 0 Å². The average molecular weight is 424 g/mol. The average Bonchev–Trinajstić information content (AvgIpc) is 3.08. The lowest BCUT2D eigenvalue weighted by Gasteiger charge is -2.20. The van der Waals surface area contributed by atoms with Crippen molar-refractivity contribution in [1.29, 1.82) is 0 Å². The molecule has 166 valence electrons. The highest BCUT2D eigenvalue weighted by molar-refractivity contribution is 5.95. The Morgan fingerprint density at radius 2 is 1.55 bits per heavy atom. The predicted molar refractivity (Wildman–Crippen MR) is 125 cm³/mol. The highest BCUT2D eigenvalue weighted by Gasteiger charge is 2.17. The van der Waals surface area contributed by atoms with E-state index in [0.29, 0.717) is 5.56 Å². The number of amides is 2. The Bertz CT molecular complexity index is 841. The summed E-state index contributed by atoms with van der Waals surface area (Å²) >= 11 is 0. The lowest BCUT2D eigenvalue weighted by Crippen LogP contribution is -2.31. The Hall–Kier alpha value is -3.02. The van der Waals surface area contributed by atoms with Gasteiger partial charge in [-0.25, -0.2) is 0 Å². The first-order chi connectivity index (χ1) is 15.0. The first kappa shape index (κ1) is 22.7. The molecule has 0 bridgehead atoms. The van der Waals surface area contributed by atoms with E-state index >= 15 is 0 Å². The summed E-state index contributed by atoms with van der Waals surface area (Å²) in [7, 11) is 0. The SMILES string of the molecule is CCC(C)Oc1ccc(NC(=O)CNc2ccc(C(=O)N3CCCCCC3)cc2)cc1. The smallest absolute Gasteiger partial charge is 0.253 e. The molecular weight excluding hydrogens is 390 g/mol. The number of anilines is 2. The lowest BCUT2D eigenvalue weighted by molar-refractivity contribution is -0.114. The summed E-state index contributed by atoms with van der Waals surface area (Å²) in [5, 5.41) is 5.97. The van der Waals surface area contributed by atoms with Crippen LogP contribution < -0.4 is 15.4 Å². The molecular formula is C25H33N3O3. The number of likely N-dealkylation sites (tertiary alicyclic amines) is 1. The number of benzene rings is 2. The second kappa shape index (κ2) is 11.4. The zero-order chi connectivity index (χ0) is 22.1. The Morgan fingerprint density at radius 3 is 2.16 bits per heavy atom. The van der Waals surface area contributed by atoms with Gasteiger partial charge >= 0.3 is 0 Å². The molecule has 1 unspecified atom stereocenters. The highest BCUT2D eigenvalue weighted by atomic mass is 16.5. The minimum absolute atomic E-state index is 0.0898. The molecule has 2 amide bonds. The highest BCUT2D eigenvalue weighted by Crippen LogP contribution is 2.18. The third-order valence-electron chi connectivity index (χ3n) is 5.53. The fourth-order valence-corrected chi connectivity index (χ4v) is 3.51. The van der Waals surface area contributed by atoms with E-state index in [0.717, 1.165) is 49.5 Å². The molecule has 2 N–H and O–H groups in total. The maximum atomic E-state index is 12.7. The van der Waals surface area contributed by atoms with E-state index in [4.69, 9.17) is 4.74 Å². The molecule has 0 aromatic heterocycles. The number of carbonyl (C=O) groups is 2. The Labute approximate surface area is 185 Å². The standard InChI is InChI=1S/C25H33N3O3/c1-3-19(2)31-23-14-12-22(13-15-23)27-24(29)18-26-21-10-8-20(9-11-21)25(30)28-16-6-4-5-7-17-28/h8-15,19,26H,3-7,16-18H2,1-2H3,(H,27,29). The van der Waals surface area contributed by atoms with Crippen molar-refractivity contribution in [1.82, 2.24) is 4.90 Å². The van der Waals surface area contributed by atoms with Gasteiger partial charge < -0.3 is 20.3 Å². The van der Waals surface area contributed by atoms with E-state index in [-0.39, 0.29) is 24.5 Å². The molecule has 1 aliphatic heterocycles. The first-order valence-electron chi connectivity index (χ1n) is 11.2. The van der Waals surface area contributed by atoms with Crippen molar-refractivity contribution < 1.29 is 14.3 Å². The van der Waals surface area contributed by atoms with Crippen LogP contribution in [0.15, 0.2) is 48.5 Å². The van der Waals surface area contributed by atoms with E-state index in [1.165, 1.54) is 12.8 Å². The molecule has 1 saturated heterocycles. The van der Waals surface area contributed by atoms with E-state index < -0.39 is 0 Å². The second-order valence-corrected chi connectivity index (χ2v) is 8.05. The Kier molecular flexibility index (Phi) is 8.33. The van der Waals surface area contributed by atoms with Crippen LogP contribution in [0.25, 0.3) is 0 Å². The molecule has 31 heavy (non-hydrogen) atoms. The van der Waals surface area contributed by atoms with E-state index in [2.05, 4.69) is 17.6 Å². The zero-order valence-corrected chi connectivity index (χ0v) is 18.5. The van der Waals surface area contributed by atoms with Crippen molar-refractivity contribution in [3.05, 3.63) is 54.1 Å². The number of nitrogens with zero attached hydrogens (tertiary/aromatic N) is 1. The summed E-state index contributed by atoms with van der Waals surface area (Å²) in [6.07, 6.45) is 5.66. The van der Waals surface area contributed by atoms with Gasteiger partial charge in [-0.05, 0) is 74.7 Å². The van der Waals surface area contributed by atoms with Crippen molar-refractivity contribution in [3.8, 4) is 5.75 Å². The van der Waals surface area contributed by atoms with E-state index in [1.807, 2.05) is 60.4 Å². The third kappa shape index (κ3) is 7.02. The monoisotopic (exact) mass is 423 g/mol. The maximum Gasteiger partial charge on any atom is 0.253 e. The summed E-state index contributed by atoms with van der Waals surface area (Å²) in [6.45, 7) is 5.92. The van der Waals surface area contributed by atoms with Crippen LogP contribution in [0, 0.1) is 0 Å². The number of hydrogen-bond acceptors (Lipinski definition) is 4. The molecule has 1 fully saturated rings. The molecule has 6 nitrogen and oxygen atoms in total. The molecule has 0 spiro atoms. The molecule has 1 heterocycles. The third-order valence-corrected chi connectivity index (χ3v) is 5.53. The number of ether oxygens (including phenoxy) is 1. The van der Waals surface area contributed by atoms with Gasteiger partial charge in [0, 0.05) is 30.0 Å². The minimum atomic E-state index is -0.139. The van der Waals surface area contributed by atoms with Crippen LogP contribution in [-0.2, 0) is 4.79 Å². The molecule has 1 atom stereocenters. The first-order valence-corrected chi connectivity index (χ1v) is 11.2. The van der Waals surface area contributed by atoms with Gasteiger partial charge in [-0.1, -0.05) is 19.8 Å². The van der Waals surface area contributed by atoms with Gasteiger partial charge in [-0.2, -0.15) is 0 Å². The topological polar surface area (TPSA) is 70.7 Å². The zero-order valence-electron chi connectivity index (χ0n) is 18.5. The predicted octanol–water partition coefficient (Wildman–Crippen LogP) is 4.93. The normalized spacial score (nSPS) is 15.0. The summed E-state index contributed by atoms with van der Waals surface area (Å²) < 4.78 is 5.75. The van der Waals surface area contributed by atoms with Crippen LogP contribution in [0.1, 0.15) is 56.3 Å². The van der Waals surface area contributed by atoms with Gasteiger partial charge in [0.1, 0.15) is 5.75 Å². The Morgan fingerprint density at radius 1 is 0.935 bits per heavy atom. The van der Waals surface area contributed by atoms with Crippen LogP contribution in [-0.4, -0.2) is 42.5 Å². The molecule has 0 aliphatic carbocycles. The summed E-state index contributed by atoms with van der Waals surface area (Å²) in [6, 6.07) is 14.7. The van der Waals surface area contributed by atoms with Gasteiger partial charge in [-0.3, -0.25) is 9.59 Å². The minimum Gasteiger partial charge on any atom is -0.491 e. The molecule has 1 aliphatic rings. The van der Waals surface area contributed by atoms with Crippen molar-refractivity contribution in [2.45, 2.75) is 52.1 Å². The van der Waals surface area contributed by atoms with Crippen molar-refractivity contribution >= 4 is 23.2 Å². The molecule has 0 radical (unpaired) electrons. The number of hydrogen-bond donors (Lipinski definition) is 2. The molecule has 6 heteroatoms. The van der Waals surface area contributed by atoms with Crippen LogP contribution in [0.3, 0.4) is 0 Å². The molecule has 0 saturated carbocycles. The quantitative estimate of drug-likeness (QED) is 0.632. The maximum absolute atomic E-state index is 12.7. The number of nitrogens with one attached hydrogen (secondary N) is 2. The van der Waals surface area contributed by atoms with E-state index in [9.17, 15) is 9.59 Å². The number of carbonyl (C=O) groups excluding carboxylic acids is 2. The summed E-state index contributed by atoms with van der Waals surface area (Å²) in [4.78, 5) is 26.9. The summed E-state index contributed by atoms with van der Waals surface area (Å²) in [5.41, 5.74) is 2.22. The second-order valence-electron chi connectivity index (χ2n) is 8.05. The largest absolute Gasteiger partial charge is 0.491 e. The molecule has 2 aromatic rings. The fraction of sp³-hybridized carbons (Fsp3) is 0.440. The van der Waals surface area contributed by atoms with Crippen LogP contribution in [0.2, 0.25) is 0 Å². The van der Waals surface area contributed by atoms with Crippen molar-refractivity contribution in [2.75, 3.05) is 30.3 Å². The number of rotatable bonds is 8. The van der Waals surface area contributed by atoms with Gasteiger partial charge in [0.2, 0.25) is 5.91 Å². The molecule has 2 aromatic carbocycles. The fourth-order valence-electron chi connectivity index (χ4n) is 3.51. The lowest BCUT2D eigenvalue weighted by atomic mass is 10.1. The van der Waals surface area contributed by atoms with Crippen LogP contribution >= 0.6 is 0 Å². The van der Waals surface area contributed by atoms with Crippen molar-refractivity contribution in [3.63, 3.8) is 0 Å². The van der Waals surface area contributed by atoms with Crippen molar-refractivity contribution in [2.24, 2.45) is 0 Å². The van der Waals surface area contributed by atoms with Gasteiger partial charge in [0.05, 0.1) is 12.6 Å². The van der Waals surface area contributed by atoms with Gasteiger partial charge in [0.25, 0.3) is 5.91 Å². The molecule has 3 rings (SSSR count). The Balaban J connectivity index is 1.46. The van der Waals surface area contributed by atoms with Crippen LogP contribution in [0.5, 0.6) is 5.75 Å². The van der Waals surface area contributed by atoms with Gasteiger partial charge in [0.15, 0.2) is 0 Å². The van der Waals surface area contributed by atoms with Gasteiger partial charge in [-0.15, -0.1) is 0 Å². The van der Waals surface area contributed by atoms with Crippen LogP contribution in [0.4, 0.5) is 11.4 Å². The summed E-state index contributed by atoms with van der Waals surface area (Å²) in [5.74, 6) is 0.743.